The molecule has 0 saturated heterocycles. The van der Waals surface area contributed by atoms with E-state index >= 15 is 0 Å². The molecule has 1 aliphatic heterocycles. The van der Waals surface area contributed by atoms with Crippen molar-refractivity contribution >= 4 is 33.2 Å². The van der Waals surface area contributed by atoms with Gasteiger partial charge < -0.3 is 10.6 Å². The number of amides is 1. The molecule has 0 aromatic heterocycles. The maximum Gasteiger partial charge on any atom is 0.232 e. The average Bonchev–Trinajstić information content (AvgIpc) is 3.02. The molecule has 0 radical (unpaired) electrons. The normalized spacial score (nSPS) is 20.8. The lowest BCUT2D eigenvalue weighted by Gasteiger charge is -2.08. The molecule has 1 spiro atoms. The van der Waals surface area contributed by atoms with Gasteiger partial charge in [-0.1, -0.05) is 0 Å². The number of hydrogen-bond acceptors (Lipinski definition) is 2. The number of fused-ring (bicyclic) bond motifs is 1. The summed E-state index contributed by atoms with van der Waals surface area (Å²) in [7, 11) is 0. The SMILES string of the molecule is O=C1Nc2cc(Br)c(F)cc2NCC12CC2. The Labute approximate surface area is 101 Å². The molecule has 3 nitrogen and oxygen atoms in total. The molecule has 0 unspecified atom stereocenters. The highest BCUT2D eigenvalue weighted by molar-refractivity contribution is 9.10. The standard InChI is InChI=1S/C11H10BrFN2O/c12-6-3-9-8(4-7(6)13)14-5-11(1-2-11)10(16)15-9/h3-4,14H,1-2,5H2,(H,15,16). The van der Waals surface area contributed by atoms with E-state index in [9.17, 15) is 9.18 Å². The van der Waals surface area contributed by atoms with E-state index in [1.54, 1.807) is 6.07 Å². The second kappa shape index (κ2) is 3.20. The summed E-state index contributed by atoms with van der Waals surface area (Å²) in [6, 6.07) is 3.00. The van der Waals surface area contributed by atoms with Crippen LogP contribution in [0.2, 0.25) is 0 Å². The van der Waals surface area contributed by atoms with E-state index in [4.69, 9.17) is 0 Å². The van der Waals surface area contributed by atoms with Crippen molar-refractivity contribution in [1.29, 1.82) is 0 Å². The number of halogens is 2. The van der Waals surface area contributed by atoms with Gasteiger partial charge in [0.1, 0.15) is 5.82 Å². The van der Waals surface area contributed by atoms with Crippen LogP contribution in [0.3, 0.4) is 0 Å². The third-order valence-electron chi connectivity index (χ3n) is 3.26. The quantitative estimate of drug-likeness (QED) is 0.769. The molecule has 5 heteroatoms. The van der Waals surface area contributed by atoms with Gasteiger partial charge in [-0.2, -0.15) is 0 Å². The number of anilines is 2. The second-order valence-electron chi connectivity index (χ2n) is 4.40. The minimum absolute atomic E-state index is 0.0391. The Kier molecular flexibility index (Phi) is 2.01. The highest BCUT2D eigenvalue weighted by Gasteiger charge is 2.50. The zero-order valence-electron chi connectivity index (χ0n) is 8.44. The van der Waals surface area contributed by atoms with Crippen LogP contribution >= 0.6 is 15.9 Å². The van der Waals surface area contributed by atoms with Crippen LogP contribution in [-0.2, 0) is 4.79 Å². The molecular formula is C11H10BrFN2O. The van der Waals surface area contributed by atoms with Crippen LogP contribution < -0.4 is 10.6 Å². The van der Waals surface area contributed by atoms with Crippen LogP contribution in [0.1, 0.15) is 12.8 Å². The summed E-state index contributed by atoms with van der Waals surface area (Å²) in [5.41, 5.74) is 1.03. The molecule has 3 rings (SSSR count). The number of hydrogen-bond donors (Lipinski definition) is 2. The first-order valence-corrected chi connectivity index (χ1v) is 5.94. The third kappa shape index (κ3) is 1.42. The Morgan fingerprint density at radius 2 is 2.06 bits per heavy atom. The number of carbonyl (C=O) groups is 1. The van der Waals surface area contributed by atoms with Gasteiger partial charge in [0.05, 0.1) is 21.3 Å². The Bertz CT molecular complexity index is 485. The zero-order valence-corrected chi connectivity index (χ0v) is 10.0. The maximum absolute atomic E-state index is 13.3. The van der Waals surface area contributed by atoms with Gasteiger partial charge in [0, 0.05) is 12.6 Å². The van der Waals surface area contributed by atoms with Crippen LogP contribution in [0.4, 0.5) is 15.8 Å². The second-order valence-corrected chi connectivity index (χ2v) is 5.25. The van der Waals surface area contributed by atoms with Crippen LogP contribution in [0.25, 0.3) is 0 Å². The molecule has 1 saturated carbocycles. The summed E-state index contributed by atoms with van der Waals surface area (Å²) in [4.78, 5) is 11.9. The fourth-order valence-corrected chi connectivity index (χ4v) is 2.29. The fraction of sp³-hybridized carbons (Fsp3) is 0.364. The monoisotopic (exact) mass is 284 g/mol. The molecule has 16 heavy (non-hydrogen) atoms. The van der Waals surface area contributed by atoms with E-state index < -0.39 is 0 Å². The van der Waals surface area contributed by atoms with Crippen molar-refractivity contribution in [2.24, 2.45) is 5.41 Å². The summed E-state index contributed by atoms with van der Waals surface area (Å²) < 4.78 is 13.7. The Morgan fingerprint density at radius 3 is 2.75 bits per heavy atom. The first-order chi connectivity index (χ1) is 7.61. The molecule has 1 amide bonds. The molecule has 84 valence electrons. The van der Waals surface area contributed by atoms with Crippen LogP contribution in [0.15, 0.2) is 16.6 Å². The van der Waals surface area contributed by atoms with E-state index in [2.05, 4.69) is 26.6 Å². The lowest BCUT2D eigenvalue weighted by atomic mass is 10.1. The van der Waals surface area contributed by atoms with Crippen molar-refractivity contribution < 1.29 is 9.18 Å². The van der Waals surface area contributed by atoms with Crippen LogP contribution in [-0.4, -0.2) is 12.5 Å². The van der Waals surface area contributed by atoms with Gasteiger partial charge in [0.2, 0.25) is 5.91 Å². The molecule has 1 fully saturated rings. The summed E-state index contributed by atoms with van der Waals surface area (Å²) in [5.74, 6) is -0.287. The topological polar surface area (TPSA) is 41.1 Å². The zero-order chi connectivity index (χ0) is 11.3. The van der Waals surface area contributed by atoms with Crippen molar-refractivity contribution in [1.82, 2.24) is 0 Å². The minimum atomic E-state index is -0.327. The van der Waals surface area contributed by atoms with E-state index in [-0.39, 0.29) is 17.1 Å². The van der Waals surface area contributed by atoms with E-state index in [1.807, 2.05) is 0 Å². The smallest absolute Gasteiger partial charge is 0.232 e. The van der Waals surface area contributed by atoms with Crippen LogP contribution in [0.5, 0.6) is 0 Å². The first kappa shape index (κ1) is 10.1. The Balaban J connectivity index is 2.03. The lowest BCUT2D eigenvalue weighted by Crippen LogP contribution is -2.27. The van der Waals surface area contributed by atoms with Gasteiger partial charge in [0.25, 0.3) is 0 Å². The van der Waals surface area contributed by atoms with Gasteiger partial charge >= 0.3 is 0 Å². The predicted octanol–water partition coefficient (Wildman–Crippen LogP) is 2.73. The molecule has 0 atom stereocenters. The van der Waals surface area contributed by atoms with Gasteiger partial charge in [-0.25, -0.2) is 4.39 Å². The van der Waals surface area contributed by atoms with Gasteiger partial charge in [-0.05, 0) is 34.8 Å². The molecule has 0 bridgehead atoms. The van der Waals surface area contributed by atoms with Gasteiger partial charge in [-0.3, -0.25) is 4.79 Å². The molecular weight excluding hydrogens is 275 g/mol. The van der Waals surface area contributed by atoms with E-state index in [0.29, 0.717) is 22.4 Å². The van der Waals surface area contributed by atoms with E-state index in [0.717, 1.165) is 12.8 Å². The Morgan fingerprint density at radius 1 is 1.31 bits per heavy atom. The number of rotatable bonds is 0. The van der Waals surface area contributed by atoms with Crippen molar-refractivity contribution in [2.75, 3.05) is 17.2 Å². The summed E-state index contributed by atoms with van der Waals surface area (Å²) in [6.07, 6.45) is 1.81. The first-order valence-electron chi connectivity index (χ1n) is 5.15. The number of carbonyl (C=O) groups excluding carboxylic acids is 1. The van der Waals surface area contributed by atoms with Crippen molar-refractivity contribution in [3.05, 3.63) is 22.4 Å². The van der Waals surface area contributed by atoms with Gasteiger partial charge in [-0.15, -0.1) is 0 Å². The molecule has 1 aromatic rings. The number of benzene rings is 1. The summed E-state index contributed by atoms with van der Waals surface area (Å²) in [6.45, 7) is 0.590. The molecule has 2 aliphatic rings. The summed E-state index contributed by atoms with van der Waals surface area (Å²) in [5, 5.41) is 5.98. The Hall–Kier alpha value is -1.10. The number of nitrogens with one attached hydrogen (secondary N) is 2. The van der Waals surface area contributed by atoms with E-state index in [1.165, 1.54) is 6.07 Å². The molecule has 1 aliphatic carbocycles. The van der Waals surface area contributed by atoms with Crippen molar-refractivity contribution in [2.45, 2.75) is 12.8 Å². The molecule has 1 aromatic carbocycles. The maximum atomic E-state index is 13.3. The molecule has 1 heterocycles. The predicted molar refractivity (Wildman–Crippen MR) is 62.9 cm³/mol. The van der Waals surface area contributed by atoms with Gasteiger partial charge in [0.15, 0.2) is 0 Å². The lowest BCUT2D eigenvalue weighted by molar-refractivity contribution is -0.120. The van der Waals surface area contributed by atoms with Crippen molar-refractivity contribution in [3.8, 4) is 0 Å². The summed E-state index contributed by atoms with van der Waals surface area (Å²) >= 11 is 3.11. The van der Waals surface area contributed by atoms with Crippen LogP contribution in [0, 0.1) is 11.2 Å². The van der Waals surface area contributed by atoms with Crippen molar-refractivity contribution in [3.63, 3.8) is 0 Å². The third-order valence-corrected chi connectivity index (χ3v) is 3.87. The average molecular weight is 285 g/mol. The minimum Gasteiger partial charge on any atom is -0.382 e. The fourth-order valence-electron chi connectivity index (χ4n) is 1.95. The molecule has 2 N–H and O–H groups in total. The highest BCUT2D eigenvalue weighted by Crippen LogP contribution is 2.48. The largest absolute Gasteiger partial charge is 0.382 e. The highest BCUT2D eigenvalue weighted by atomic mass is 79.9.